The number of nitrogens with zero attached hydrogens (tertiary/aromatic N) is 1. The summed E-state index contributed by atoms with van der Waals surface area (Å²) in [7, 11) is 2.28. The Labute approximate surface area is 128 Å². The fourth-order valence-electron chi connectivity index (χ4n) is 3.80. The van der Waals surface area contributed by atoms with Gasteiger partial charge in [-0.05, 0) is 61.8 Å². The van der Waals surface area contributed by atoms with Crippen molar-refractivity contribution < 1.29 is 0 Å². The summed E-state index contributed by atoms with van der Waals surface area (Å²) >= 11 is 0. The van der Waals surface area contributed by atoms with Gasteiger partial charge in [0.25, 0.3) is 0 Å². The Kier molecular flexibility index (Phi) is 4.57. The van der Waals surface area contributed by atoms with Crippen molar-refractivity contribution in [2.45, 2.75) is 25.8 Å². The van der Waals surface area contributed by atoms with Crippen molar-refractivity contribution in [1.29, 1.82) is 0 Å². The number of hydrogen-bond acceptors (Lipinski definition) is 2. The van der Waals surface area contributed by atoms with Gasteiger partial charge in [0.2, 0.25) is 0 Å². The Bertz CT molecular complexity index is 588. The van der Waals surface area contributed by atoms with E-state index in [0.717, 1.165) is 13.1 Å². The summed E-state index contributed by atoms with van der Waals surface area (Å²) in [5, 5.41) is 6.33. The molecule has 0 spiro atoms. The molecule has 2 aromatic carbocycles. The fraction of sp³-hybridized carbons (Fsp3) is 0.474. The van der Waals surface area contributed by atoms with E-state index >= 15 is 0 Å². The maximum atomic E-state index is 3.56. The summed E-state index contributed by atoms with van der Waals surface area (Å²) in [6, 6.07) is 16.1. The average Bonchev–Trinajstić information content (AvgIpc) is 2.52. The topological polar surface area (TPSA) is 15.3 Å². The lowest BCUT2D eigenvalue weighted by Gasteiger charge is -2.40. The number of rotatable bonds is 4. The first-order valence-electron chi connectivity index (χ1n) is 8.20. The van der Waals surface area contributed by atoms with Gasteiger partial charge < -0.3 is 5.32 Å². The van der Waals surface area contributed by atoms with Crippen LogP contribution in [0.2, 0.25) is 0 Å². The number of nitrogens with one attached hydrogen (secondary N) is 1. The minimum atomic E-state index is 0.531. The van der Waals surface area contributed by atoms with E-state index in [2.05, 4.69) is 66.7 Å². The quantitative estimate of drug-likeness (QED) is 0.917. The first-order valence-corrected chi connectivity index (χ1v) is 8.20. The van der Waals surface area contributed by atoms with Gasteiger partial charge in [0.05, 0.1) is 0 Å². The molecule has 3 rings (SSSR count). The highest BCUT2D eigenvalue weighted by Crippen LogP contribution is 2.37. The van der Waals surface area contributed by atoms with Crippen LogP contribution in [0.25, 0.3) is 10.8 Å². The van der Waals surface area contributed by atoms with Crippen molar-refractivity contribution in [2.75, 3.05) is 26.7 Å². The third kappa shape index (κ3) is 2.97. The van der Waals surface area contributed by atoms with Gasteiger partial charge in [0, 0.05) is 6.04 Å². The molecule has 0 saturated carbocycles. The summed E-state index contributed by atoms with van der Waals surface area (Å²) in [6.07, 6.45) is 2.64. The Morgan fingerprint density at radius 2 is 1.95 bits per heavy atom. The van der Waals surface area contributed by atoms with E-state index in [4.69, 9.17) is 0 Å². The molecule has 0 amide bonds. The van der Waals surface area contributed by atoms with E-state index in [9.17, 15) is 0 Å². The van der Waals surface area contributed by atoms with Crippen LogP contribution in [0.3, 0.4) is 0 Å². The minimum absolute atomic E-state index is 0.531. The van der Waals surface area contributed by atoms with E-state index in [0.29, 0.717) is 12.0 Å². The van der Waals surface area contributed by atoms with Crippen LogP contribution in [-0.2, 0) is 0 Å². The van der Waals surface area contributed by atoms with E-state index < -0.39 is 0 Å². The van der Waals surface area contributed by atoms with Crippen LogP contribution >= 0.6 is 0 Å². The lowest BCUT2D eigenvalue weighted by molar-refractivity contribution is 0.121. The Morgan fingerprint density at radius 3 is 2.81 bits per heavy atom. The zero-order valence-electron chi connectivity index (χ0n) is 13.2. The van der Waals surface area contributed by atoms with Crippen molar-refractivity contribution in [3.8, 4) is 0 Å². The van der Waals surface area contributed by atoms with Crippen molar-refractivity contribution in [2.24, 2.45) is 5.92 Å². The van der Waals surface area contributed by atoms with E-state index in [-0.39, 0.29) is 0 Å². The zero-order valence-corrected chi connectivity index (χ0v) is 13.2. The lowest BCUT2D eigenvalue weighted by Crippen LogP contribution is -2.40. The molecule has 2 heteroatoms. The van der Waals surface area contributed by atoms with Gasteiger partial charge >= 0.3 is 0 Å². The molecule has 1 saturated heterocycles. The second kappa shape index (κ2) is 6.59. The fourth-order valence-corrected chi connectivity index (χ4v) is 3.80. The molecule has 1 heterocycles. The molecule has 1 aliphatic heterocycles. The second-order valence-electron chi connectivity index (χ2n) is 6.20. The van der Waals surface area contributed by atoms with Gasteiger partial charge in [0.15, 0.2) is 0 Å². The van der Waals surface area contributed by atoms with Gasteiger partial charge in [-0.3, -0.25) is 4.90 Å². The molecule has 0 radical (unpaired) electrons. The third-order valence-corrected chi connectivity index (χ3v) is 4.81. The van der Waals surface area contributed by atoms with Crippen LogP contribution in [0.15, 0.2) is 42.5 Å². The maximum Gasteiger partial charge on any atom is 0.0391 e. The first-order chi connectivity index (χ1) is 10.3. The average molecular weight is 282 g/mol. The highest BCUT2D eigenvalue weighted by atomic mass is 15.1. The zero-order chi connectivity index (χ0) is 14.7. The Balaban J connectivity index is 2.00. The Morgan fingerprint density at radius 1 is 1.14 bits per heavy atom. The molecule has 0 aromatic heterocycles. The summed E-state index contributed by atoms with van der Waals surface area (Å²) in [5.74, 6) is 0.703. The van der Waals surface area contributed by atoms with Crippen LogP contribution in [0, 0.1) is 5.92 Å². The van der Waals surface area contributed by atoms with Crippen molar-refractivity contribution >= 4 is 10.8 Å². The predicted octanol–water partition coefficient (Wildman–Crippen LogP) is 3.83. The second-order valence-corrected chi connectivity index (χ2v) is 6.20. The number of benzene rings is 2. The van der Waals surface area contributed by atoms with Crippen LogP contribution in [0.5, 0.6) is 0 Å². The summed E-state index contributed by atoms with van der Waals surface area (Å²) < 4.78 is 0. The monoisotopic (exact) mass is 282 g/mol. The van der Waals surface area contributed by atoms with E-state index in [1.807, 2.05) is 0 Å². The maximum absolute atomic E-state index is 3.56. The molecule has 2 atom stereocenters. The van der Waals surface area contributed by atoms with Gasteiger partial charge in [0.1, 0.15) is 0 Å². The van der Waals surface area contributed by atoms with Crippen LogP contribution < -0.4 is 5.32 Å². The highest BCUT2D eigenvalue weighted by Gasteiger charge is 2.30. The number of likely N-dealkylation sites (tertiary alicyclic amines) is 1. The standard InChI is InChI=1S/C19H26N2/c1-3-20-14-16-10-7-13-21(2)19(16)18-12-6-9-15-8-4-5-11-17(15)18/h4-6,8-9,11-12,16,19-20H,3,7,10,13-14H2,1-2H3. The van der Waals surface area contributed by atoms with Crippen molar-refractivity contribution in [3.05, 3.63) is 48.0 Å². The van der Waals surface area contributed by atoms with E-state index in [1.54, 1.807) is 0 Å². The SMILES string of the molecule is CCNCC1CCCN(C)C1c1cccc2ccccc12. The van der Waals surface area contributed by atoms with Crippen molar-refractivity contribution in [3.63, 3.8) is 0 Å². The van der Waals surface area contributed by atoms with Crippen LogP contribution in [0.1, 0.15) is 31.4 Å². The molecule has 1 fully saturated rings. The first kappa shape index (κ1) is 14.6. The molecular formula is C19H26N2. The molecule has 2 unspecified atom stereocenters. The molecule has 1 aliphatic rings. The summed E-state index contributed by atoms with van der Waals surface area (Å²) in [5.41, 5.74) is 1.50. The molecular weight excluding hydrogens is 256 g/mol. The largest absolute Gasteiger partial charge is 0.317 e. The summed E-state index contributed by atoms with van der Waals surface area (Å²) in [6.45, 7) is 5.58. The molecule has 1 N–H and O–H groups in total. The minimum Gasteiger partial charge on any atom is -0.317 e. The summed E-state index contributed by atoms with van der Waals surface area (Å²) in [4.78, 5) is 2.55. The molecule has 2 nitrogen and oxygen atoms in total. The van der Waals surface area contributed by atoms with Crippen LogP contribution in [-0.4, -0.2) is 31.6 Å². The van der Waals surface area contributed by atoms with Gasteiger partial charge in [-0.15, -0.1) is 0 Å². The lowest BCUT2D eigenvalue weighted by atomic mass is 9.83. The van der Waals surface area contributed by atoms with Gasteiger partial charge in [-0.2, -0.15) is 0 Å². The van der Waals surface area contributed by atoms with Crippen LogP contribution in [0.4, 0.5) is 0 Å². The number of hydrogen-bond donors (Lipinski definition) is 1. The smallest absolute Gasteiger partial charge is 0.0391 e. The normalized spacial score (nSPS) is 23.5. The Hall–Kier alpha value is -1.38. The molecule has 21 heavy (non-hydrogen) atoms. The predicted molar refractivity (Wildman–Crippen MR) is 90.6 cm³/mol. The molecule has 112 valence electrons. The number of fused-ring (bicyclic) bond motifs is 1. The number of piperidine rings is 1. The third-order valence-electron chi connectivity index (χ3n) is 4.81. The molecule has 0 bridgehead atoms. The highest BCUT2D eigenvalue weighted by molar-refractivity contribution is 5.86. The molecule has 0 aliphatic carbocycles. The van der Waals surface area contributed by atoms with Gasteiger partial charge in [-0.25, -0.2) is 0 Å². The van der Waals surface area contributed by atoms with E-state index in [1.165, 1.54) is 35.7 Å². The van der Waals surface area contributed by atoms with Crippen molar-refractivity contribution in [1.82, 2.24) is 10.2 Å². The van der Waals surface area contributed by atoms with Gasteiger partial charge in [-0.1, -0.05) is 49.4 Å². The molecule has 2 aromatic rings.